The molecule has 1 heterocycles. The van der Waals surface area contributed by atoms with E-state index in [-0.39, 0.29) is 19.1 Å². The van der Waals surface area contributed by atoms with Gasteiger partial charge in [-0.2, -0.15) is 0 Å². The Balaban J connectivity index is 2.81. The van der Waals surface area contributed by atoms with Crippen LogP contribution < -0.4 is 16.4 Å². The smallest absolute Gasteiger partial charge is 0.337 e. The van der Waals surface area contributed by atoms with Gasteiger partial charge in [0.25, 0.3) is 0 Å². The molecular formula is C8H13N3O3. The number of hydrogen-bond acceptors (Lipinski definition) is 4. The number of carbonyl (C=O) groups excluding carboxylic acids is 2. The van der Waals surface area contributed by atoms with Crippen molar-refractivity contribution in [2.75, 3.05) is 19.7 Å². The summed E-state index contributed by atoms with van der Waals surface area (Å²) in [6.45, 7) is 2.29. The second-order valence-corrected chi connectivity index (χ2v) is 2.69. The molecule has 0 saturated heterocycles. The van der Waals surface area contributed by atoms with Crippen molar-refractivity contribution in [2.24, 2.45) is 5.73 Å². The van der Waals surface area contributed by atoms with E-state index in [2.05, 4.69) is 10.6 Å². The first kappa shape index (κ1) is 10.5. The zero-order chi connectivity index (χ0) is 10.6. The minimum absolute atomic E-state index is 0.113. The van der Waals surface area contributed by atoms with Crippen LogP contribution in [-0.2, 0) is 9.53 Å². The Kier molecular flexibility index (Phi) is 3.47. The summed E-state index contributed by atoms with van der Waals surface area (Å²) in [4.78, 5) is 22.2. The number of carbonyl (C=O) groups is 2. The lowest BCUT2D eigenvalue weighted by Crippen LogP contribution is -2.45. The predicted octanol–water partition coefficient (Wildman–Crippen LogP) is -0.925. The maximum absolute atomic E-state index is 11.3. The van der Waals surface area contributed by atoms with Gasteiger partial charge in [-0.15, -0.1) is 0 Å². The van der Waals surface area contributed by atoms with E-state index >= 15 is 0 Å². The molecule has 0 aromatic carbocycles. The summed E-state index contributed by atoms with van der Waals surface area (Å²) < 4.78 is 4.81. The Morgan fingerprint density at radius 1 is 1.64 bits per heavy atom. The zero-order valence-electron chi connectivity index (χ0n) is 7.92. The van der Waals surface area contributed by atoms with Crippen LogP contribution in [0.1, 0.15) is 6.92 Å². The molecule has 14 heavy (non-hydrogen) atoms. The highest BCUT2D eigenvalue weighted by molar-refractivity contribution is 5.93. The minimum Gasteiger partial charge on any atom is -0.463 e. The van der Waals surface area contributed by atoms with Crippen molar-refractivity contribution in [1.82, 2.24) is 10.6 Å². The van der Waals surface area contributed by atoms with E-state index in [9.17, 15) is 9.59 Å². The van der Waals surface area contributed by atoms with Gasteiger partial charge in [-0.05, 0) is 6.92 Å². The number of nitrogens with one attached hydrogen (secondary N) is 2. The van der Waals surface area contributed by atoms with Gasteiger partial charge in [0.2, 0.25) is 0 Å². The van der Waals surface area contributed by atoms with E-state index in [1.165, 1.54) is 0 Å². The van der Waals surface area contributed by atoms with Gasteiger partial charge < -0.3 is 21.1 Å². The third-order valence-corrected chi connectivity index (χ3v) is 1.78. The predicted molar refractivity (Wildman–Crippen MR) is 49.2 cm³/mol. The van der Waals surface area contributed by atoms with Crippen LogP contribution >= 0.6 is 0 Å². The topological polar surface area (TPSA) is 93.4 Å². The number of ether oxygens (including phenoxy) is 1. The average molecular weight is 199 g/mol. The van der Waals surface area contributed by atoms with E-state index in [0.29, 0.717) is 17.9 Å². The lowest BCUT2D eigenvalue weighted by atomic mass is 10.1. The molecule has 0 fully saturated rings. The van der Waals surface area contributed by atoms with Crippen LogP contribution in [0.4, 0.5) is 4.79 Å². The van der Waals surface area contributed by atoms with Crippen LogP contribution in [0.5, 0.6) is 0 Å². The molecule has 1 aliphatic heterocycles. The maximum atomic E-state index is 11.3. The van der Waals surface area contributed by atoms with Gasteiger partial charge in [0.1, 0.15) is 0 Å². The molecule has 0 aromatic heterocycles. The molecule has 0 spiro atoms. The zero-order valence-corrected chi connectivity index (χ0v) is 7.92. The van der Waals surface area contributed by atoms with E-state index in [1.54, 1.807) is 6.92 Å². The Morgan fingerprint density at radius 3 is 2.93 bits per heavy atom. The summed E-state index contributed by atoms with van der Waals surface area (Å²) in [6, 6.07) is -0.349. The minimum atomic E-state index is -0.444. The normalized spacial score (nSPS) is 16.0. The molecule has 0 aromatic rings. The first-order valence-corrected chi connectivity index (χ1v) is 4.33. The lowest BCUT2D eigenvalue weighted by molar-refractivity contribution is -0.138. The number of amides is 2. The Labute approximate surface area is 81.5 Å². The molecule has 0 saturated carbocycles. The second kappa shape index (κ2) is 4.61. The molecule has 0 bridgehead atoms. The number of esters is 1. The quantitative estimate of drug-likeness (QED) is 0.512. The highest BCUT2D eigenvalue weighted by Gasteiger charge is 2.22. The van der Waals surface area contributed by atoms with Gasteiger partial charge in [-0.3, -0.25) is 0 Å². The van der Waals surface area contributed by atoms with Gasteiger partial charge in [0.15, 0.2) is 0 Å². The molecule has 78 valence electrons. The number of urea groups is 1. The van der Waals surface area contributed by atoms with Crippen LogP contribution in [0.15, 0.2) is 11.3 Å². The Morgan fingerprint density at radius 2 is 2.36 bits per heavy atom. The van der Waals surface area contributed by atoms with E-state index < -0.39 is 5.97 Å². The van der Waals surface area contributed by atoms with Crippen molar-refractivity contribution in [2.45, 2.75) is 6.92 Å². The molecule has 0 atom stereocenters. The molecule has 0 unspecified atom stereocenters. The van der Waals surface area contributed by atoms with Gasteiger partial charge in [-0.25, -0.2) is 9.59 Å². The largest absolute Gasteiger partial charge is 0.463 e. The summed E-state index contributed by atoms with van der Waals surface area (Å²) >= 11 is 0. The molecule has 6 nitrogen and oxygen atoms in total. The van der Waals surface area contributed by atoms with Crippen molar-refractivity contribution in [3.63, 3.8) is 0 Å². The van der Waals surface area contributed by atoms with E-state index in [0.717, 1.165) is 0 Å². The molecule has 1 rings (SSSR count). The fourth-order valence-corrected chi connectivity index (χ4v) is 1.12. The maximum Gasteiger partial charge on any atom is 0.337 e. The van der Waals surface area contributed by atoms with Crippen molar-refractivity contribution in [3.05, 3.63) is 11.3 Å². The standard InChI is InChI=1S/C8H13N3O3/c1-2-14-7(12)5-4-10-8(13)11-6(5)3-9/h2-4,9H2,1H3,(H2,10,11,13). The number of nitrogens with two attached hydrogens (primary N) is 1. The molecule has 2 amide bonds. The molecular weight excluding hydrogens is 186 g/mol. The summed E-state index contributed by atoms with van der Waals surface area (Å²) in [7, 11) is 0. The Hall–Kier alpha value is -1.56. The molecule has 6 heteroatoms. The fourth-order valence-electron chi connectivity index (χ4n) is 1.12. The highest BCUT2D eigenvalue weighted by atomic mass is 16.5. The van der Waals surface area contributed by atoms with Crippen LogP contribution in [0.3, 0.4) is 0 Å². The molecule has 1 aliphatic rings. The number of rotatable bonds is 3. The fraction of sp³-hybridized carbons (Fsp3) is 0.500. The van der Waals surface area contributed by atoms with Crippen molar-refractivity contribution in [3.8, 4) is 0 Å². The van der Waals surface area contributed by atoms with Crippen molar-refractivity contribution in [1.29, 1.82) is 0 Å². The van der Waals surface area contributed by atoms with Crippen molar-refractivity contribution >= 4 is 12.0 Å². The van der Waals surface area contributed by atoms with Crippen molar-refractivity contribution < 1.29 is 14.3 Å². The summed E-state index contributed by atoms with van der Waals surface area (Å²) in [5, 5.41) is 4.93. The van der Waals surface area contributed by atoms with Gasteiger partial charge in [-0.1, -0.05) is 0 Å². The Bertz CT molecular complexity index is 286. The van der Waals surface area contributed by atoms with E-state index in [1.807, 2.05) is 0 Å². The van der Waals surface area contributed by atoms with Gasteiger partial charge in [0.05, 0.1) is 18.7 Å². The van der Waals surface area contributed by atoms with E-state index in [4.69, 9.17) is 10.5 Å². The average Bonchev–Trinajstić information content (AvgIpc) is 2.17. The van der Waals surface area contributed by atoms with Gasteiger partial charge in [0, 0.05) is 12.2 Å². The molecule has 0 radical (unpaired) electrons. The lowest BCUT2D eigenvalue weighted by Gasteiger charge is -2.19. The molecule has 0 aliphatic carbocycles. The summed E-state index contributed by atoms with van der Waals surface area (Å²) in [5.74, 6) is -0.444. The van der Waals surface area contributed by atoms with Crippen LogP contribution in [0, 0.1) is 0 Å². The second-order valence-electron chi connectivity index (χ2n) is 2.69. The van der Waals surface area contributed by atoms with Crippen LogP contribution in [-0.4, -0.2) is 31.7 Å². The van der Waals surface area contributed by atoms with Crippen LogP contribution in [0.2, 0.25) is 0 Å². The monoisotopic (exact) mass is 199 g/mol. The third-order valence-electron chi connectivity index (χ3n) is 1.78. The van der Waals surface area contributed by atoms with Crippen LogP contribution in [0.25, 0.3) is 0 Å². The summed E-state index contributed by atoms with van der Waals surface area (Å²) in [5.41, 5.74) is 6.19. The van der Waals surface area contributed by atoms with Gasteiger partial charge >= 0.3 is 12.0 Å². The summed E-state index contributed by atoms with van der Waals surface area (Å²) in [6.07, 6.45) is 0. The first-order valence-electron chi connectivity index (χ1n) is 4.33. The number of hydrogen-bond donors (Lipinski definition) is 3. The third kappa shape index (κ3) is 2.23. The SMILES string of the molecule is CCOC(=O)C1=C(CN)NC(=O)NC1. The highest BCUT2D eigenvalue weighted by Crippen LogP contribution is 2.06. The first-order chi connectivity index (χ1) is 6.69. The molecule has 4 N–H and O–H groups in total.